The first kappa shape index (κ1) is 11.1. The average Bonchev–Trinajstić information content (AvgIpc) is 2.39. The minimum Gasteiger partial charge on any atom is -0.392 e. The van der Waals surface area contributed by atoms with E-state index in [-0.39, 0.29) is 12.5 Å². The summed E-state index contributed by atoms with van der Waals surface area (Å²) in [6.45, 7) is 3.18. The number of nitrogens with one attached hydrogen (secondary N) is 1. The van der Waals surface area contributed by atoms with Gasteiger partial charge in [0.15, 0.2) is 0 Å². The van der Waals surface area contributed by atoms with Crippen molar-refractivity contribution in [3.05, 3.63) is 35.4 Å². The molecule has 0 saturated carbocycles. The standard InChI is InChI=1S/C12H16N2O2/c15-9-10-2-1-3-11(8-10)12(16)14-6-4-13-5-7-14/h1-3,8,13,15H,4-7,9H2. The molecule has 0 spiro atoms. The van der Waals surface area contributed by atoms with E-state index in [1.165, 1.54) is 0 Å². The molecule has 16 heavy (non-hydrogen) atoms. The lowest BCUT2D eigenvalue weighted by atomic mass is 10.1. The molecule has 1 aliphatic heterocycles. The van der Waals surface area contributed by atoms with Crippen LogP contribution in [0.1, 0.15) is 15.9 Å². The lowest BCUT2D eigenvalue weighted by molar-refractivity contribution is 0.0735. The topological polar surface area (TPSA) is 52.6 Å². The molecule has 1 aromatic carbocycles. The maximum Gasteiger partial charge on any atom is 0.253 e. The minimum atomic E-state index is -0.0251. The number of benzene rings is 1. The van der Waals surface area contributed by atoms with Crippen LogP contribution >= 0.6 is 0 Å². The van der Waals surface area contributed by atoms with Gasteiger partial charge in [0.25, 0.3) is 5.91 Å². The monoisotopic (exact) mass is 220 g/mol. The lowest BCUT2D eigenvalue weighted by Crippen LogP contribution is -2.46. The fourth-order valence-corrected chi connectivity index (χ4v) is 1.85. The highest BCUT2D eigenvalue weighted by atomic mass is 16.3. The number of nitrogens with zero attached hydrogens (tertiary/aromatic N) is 1. The van der Waals surface area contributed by atoms with Crippen molar-refractivity contribution in [3.8, 4) is 0 Å². The zero-order chi connectivity index (χ0) is 11.4. The Balaban J connectivity index is 2.12. The molecule has 1 fully saturated rings. The number of carbonyl (C=O) groups excluding carboxylic acids is 1. The molecule has 0 bridgehead atoms. The molecule has 0 atom stereocenters. The van der Waals surface area contributed by atoms with Gasteiger partial charge < -0.3 is 15.3 Å². The van der Waals surface area contributed by atoms with E-state index >= 15 is 0 Å². The smallest absolute Gasteiger partial charge is 0.253 e. The van der Waals surface area contributed by atoms with E-state index in [2.05, 4.69) is 5.32 Å². The van der Waals surface area contributed by atoms with Crippen LogP contribution in [-0.4, -0.2) is 42.1 Å². The average molecular weight is 220 g/mol. The van der Waals surface area contributed by atoms with E-state index in [9.17, 15) is 4.79 Å². The van der Waals surface area contributed by atoms with Crippen molar-refractivity contribution in [1.29, 1.82) is 0 Å². The number of hydrogen-bond donors (Lipinski definition) is 2. The zero-order valence-corrected chi connectivity index (χ0v) is 9.15. The molecule has 86 valence electrons. The quantitative estimate of drug-likeness (QED) is 0.750. The lowest BCUT2D eigenvalue weighted by Gasteiger charge is -2.27. The fraction of sp³-hybridized carbons (Fsp3) is 0.417. The van der Waals surface area contributed by atoms with Gasteiger partial charge in [0, 0.05) is 31.7 Å². The molecule has 4 heteroatoms. The minimum absolute atomic E-state index is 0.0251. The van der Waals surface area contributed by atoms with E-state index in [0.29, 0.717) is 5.56 Å². The first-order valence-electron chi connectivity index (χ1n) is 5.51. The fourth-order valence-electron chi connectivity index (χ4n) is 1.85. The van der Waals surface area contributed by atoms with Gasteiger partial charge in [0.2, 0.25) is 0 Å². The van der Waals surface area contributed by atoms with Crippen molar-refractivity contribution in [3.63, 3.8) is 0 Å². The van der Waals surface area contributed by atoms with E-state index < -0.39 is 0 Å². The van der Waals surface area contributed by atoms with Crippen molar-refractivity contribution >= 4 is 5.91 Å². The Morgan fingerprint density at radius 1 is 1.38 bits per heavy atom. The molecule has 1 heterocycles. The molecular formula is C12H16N2O2. The second-order valence-electron chi connectivity index (χ2n) is 3.90. The Hall–Kier alpha value is -1.39. The highest BCUT2D eigenvalue weighted by Crippen LogP contribution is 2.09. The van der Waals surface area contributed by atoms with Crippen molar-refractivity contribution in [2.24, 2.45) is 0 Å². The predicted molar refractivity (Wildman–Crippen MR) is 61.1 cm³/mol. The van der Waals surface area contributed by atoms with Crippen molar-refractivity contribution in [2.75, 3.05) is 26.2 Å². The summed E-state index contributed by atoms with van der Waals surface area (Å²) in [5, 5.41) is 12.2. The molecule has 0 aliphatic carbocycles. The van der Waals surface area contributed by atoms with Crippen LogP contribution in [0.4, 0.5) is 0 Å². The van der Waals surface area contributed by atoms with Gasteiger partial charge in [0.05, 0.1) is 6.61 Å². The van der Waals surface area contributed by atoms with Gasteiger partial charge in [-0.25, -0.2) is 0 Å². The Kier molecular flexibility index (Phi) is 3.54. The second-order valence-corrected chi connectivity index (χ2v) is 3.90. The molecule has 1 saturated heterocycles. The number of amides is 1. The van der Waals surface area contributed by atoms with Crippen LogP contribution in [0.2, 0.25) is 0 Å². The van der Waals surface area contributed by atoms with Crippen molar-refractivity contribution in [2.45, 2.75) is 6.61 Å². The van der Waals surface area contributed by atoms with Crippen LogP contribution in [0.25, 0.3) is 0 Å². The summed E-state index contributed by atoms with van der Waals surface area (Å²) in [6.07, 6.45) is 0. The molecule has 2 N–H and O–H groups in total. The molecule has 0 radical (unpaired) electrons. The third-order valence-electron chi connectivity index (χ3n) is 2.76. The van der Waals surface area contributed by atoms with Crippen LogP contribution in [0.3, 0.4) is 0 Å². The zero-order valence-electron chi connectivity index (χ0n) is 9.15. The Morgan fingerprint density at radius 3 is 2.81 bits per heavy atom. The van der Waals surface area contributed by atoms with Crippen LogP contribution < -0.4 is 5.32 Å². The number of hydrogen-bond acceptors (Lipinski definition) is 3. The predicted octanol–water partition coefficient (Wildman–Crippen LogP) is 0.224. The van der Waals surface area contributed by atoms with Crippen molar-refractivity contribution in [1.82, 2.24) is 10.2 Å². The van der Waals surface area contributed by atoms with Crippen molar-refractivity contribution < 1.29 is 9.90 Å². The first-order valence-corrected chi connectivity index (χ1v) is 5.51. The SMILES string of the molecule is O=C(c1cccc(CO)c1)N1CCNCC1. The number of carbonyl (C=O) groups is 1. The summed E-state index contributed by atoms with van der Waals surface area (Å²) in [5.74, 6) is 0.0526. The highest BCUT2D eigenvalue weighted by molar-refractivity contribution is 5.94. The Labute approximate surface area is 94.9 Å². The number of piperazine rings is 1. The molecule has 1 aromatic rings. The van der Waals surface area contributed by atoms with Gasteiger partial charge >= 0.3 is 0 Å². The van der Waals surface area contributed by atoms with E-state index in [4.69, 9.17) is 5.11 Å². The highest BCUT2D eigenvalue weighted by Gasteiger charge is 2.17. The van der Waals surface area contributed by atoms with Crippen LogP contribution in [-0.2, 0) is 6.61 Å². The molecule has 1 amide bonds. The van der Waals surface area contributed by atoms with E-state index in [0.717, 1.165) is 31.7 Å². The van der Waals surface area contributed by atoms with Gasteiger partial charge in [0.1, 0.15) is 0 Å². The number of aliphatic hydroxyl groups is 1. The van der Waals surface area contributed by atoms with Crippen LogP contribution in [0, 0.1) is 0 Å². The Morgan fingerprint density at radius 2 is 2.12 bits per heavy atom. The normalized spacial score (nSPS) is 16.2. The van der Waals surface area contributed by atoms with Gasteiger partial charge in [-0.2, -0.15) is 0 Å². The molecule has 2 rings (SSSR count). The maximum absolute atomic E-state index is 12.1. The van der Waals surface area contributed by atoms with Crippen LogP contribution in [0.15, 0.2) is 24.3 Å². The van der Waals surface area contributed by atoms with Gasteiger partial charge in [-0.15, -0.1) is 0 Å². The third-order valence-corrected chi connectivity index (χ3v) is 2.76. The maximum atomic E-state index is 12.1. The number of rotatable bonds is 2. The largest absolute Gasteiger partial charge is 0.392 e. The summed E-state index contributed by atoms with van der Waals surface area (Å²) in [4.78, 5) is 13.9. The Bertz CT molecular complexity index is 373. The third kappa shape index (κ3) is 2.40. The molecule has 1 aliphatic rings. The van der Waals surface area contributed by atoms with E-state index in [1.807, 2.05) is 11.0 Å². The molecule has 4 nitrogen and oxygen atoms in total. The summed E-state index contributed by atoms with van der Waals surface area (Å²) < 4.78 is 0. The first-order chi connectivity index (χ1) is 7.81. The summed E-state index contributed by atoms with van der Waals surface area (Å²) in [6, 6.07) is 7.17. The molecular weight excluding hydrogens is 204 g/mol. The molecule has 0 aromatic heterocycles. The van der Waals surface area contributed by atoms with Crippen LogP contribution in [0.5, 0.6) is 0 Å². The summed E-state index contributed by atoms with van der Waals surface area (Å²) in [5.41, 5.74) is 1.44. The summed E-state index contributed by atoms with van der Waals surface area (Å²) >= 11 is 0. The summed E-state index contributed by atoms with van der Waals surface area (Å²) in [7, 11) is 0. The molecule has 0 unspecified atom stereocenters. The van der Waals surface area contributed by atoms with E-state index in [1.54, 1.807) is 18.2 Å². The second kappa shape index (κ2) is 5.09. The van der Waals surface area contributed by atoms with Gasteiger partial charge in [-0.1, -0.05) is 12.1 Å². The number of aliphatic hydroxyl groups excluding tert-OH is 1. The van der Waals surface area contributed by atoms with Gasteiger partial charge in [-0.05, 0) is 17.7 Å². The van der Waals surface area contributed by atoms with Gasteiger partial charge in [-0.3, -0.25) is 4.79 Å².